The van der Waals surface area contributed by atoms with Crippen LogP contribution in [0.5, 0.6) is 0 Å². The van der Waals surface area contributed by atoms with Gasteiger partial charge in [0.05, 0.1) is 28.6 Å². The Labute approximate surface area is 381 Å². The van der Waals surface area contributed by atoms with Crippen LogP contribution in [-0.2, 0) is 4.79 Å². The van der Waals surface area contributed by atoms with Crippen molar-refractivity contribution in [2.75, 3.05) is 4.90 Å². The molecule has 0 amide bonds. The van der Waals surface area contributed by atoms with Gasteiger partial charge < -0.3 is 19.1 Å². The van der Waals surface area contributed by atoms with Gasteiger partial charge in [0, 0.05) is 50.0 Å². The Hall–Kier alpha value is -9.18. The molecule has 0 bridgehead atoms. The first-order chi connectivity index (χ1) is 32.5. The van der Waals surface area contributed by atoms with Crippen LogP contribution < -0.4 is 4.90 Å². The molecule has 0 saturated heterocycles. The van der Waals surface area contributed by atoms with Gasteiger partial charge in [-0.25, -0.2) is 4.85 Å². The molecular weight excluding hydrogens is 809 g/mol. The van der Waals surface area contributed by atoms with Crippen molar-refractivity contribution >= 4 is 72.7 Å². The summed E-state index contributed by atoms with van der Waals surface area (Å²) < 4.78 is 4.67. The van der Waals surface area contributed by atoms with Crippen LogP contribution in [0.2, 0.25) is 0 Å². The molecule has 0 aliphatic carbocycles. The molecule has 0 aliphatic rings. The van der Waals surface area contributed by atoms with Gasteiger partial charge in [0.15, 0.2) is 0 Å². The van der Waals surface area contributed by atoms with Gasteiger partial charge in [0.25, 0.3) is 5.70 Å². The third-order valence-electron chi connectivity index (χ3n) is 12.4. The van der Waals surface area contributed by atoms with E-state index in [1.807, 2.05) is 12.1 Å². The minimum atomic E-state index is -1.24. The zero-order chi connectivity index (χ0) is 44.6. The van der Waals surface area contributed by atoms with Crippen molar-refractivity contribution in [1.29, 1.82) is 0 Å². The van der Waals surface area contributed by atoms with E-state index in [0.717, 1.165) is 56.3 Å². The normalized spacial score (nSPS) is 11.8. The fraction of sp³-hybridized carbons (Fsp3) is 0. The highest BCUT2D eigenvalue weighted by Gasteiger charge is 2.16. The minimum absolute atomic E-state index is 0.334. The summed E-state index contributed by atoms with van der Waals surface area (Å²) in [5.41, 5.74) is 14.9. The van der Waals surface area contributed by atoms with Gasteiger partial charge in [-0.3, -0.25) is 4.79 Å². The fourth-order valence-corrected chi connectivity index (χ4v) is 9.20. The van der Waals surface area contributed by atoms with E-state index in [1.165, 1.54) is 49.7 Å². The molecule has 6 heteroatoms. The zero-order valence-corrected chi connectivity index (χ0v) is 35.7. The summed E-state index contributed by atoms with van der Waals surface area (Å²) in [5.74, 6) is -1.24. The number of hydrogen-bond donors (Lipinski definition) is 1. The van der Waals surface area contributed by atoms with Crippen molar-refractivity contribution in [2.45, 2.75) is 0 Å². The number of carbonyl (C=O) groups is 1. The van der Waals surface area contributed by atoms with Gasteiger partial charge in [-0.15, -0.1) is 0 Å². The molecule has 0 unspecified atom stereocenters. The number of para-hydroxylation sites is 4. The summed E-state index contributed by atoms with van der Waals surface area (Å²) in [5, 5.41) is 14.2. The van der Waals surface area contributed by atoms with Gasteiger partial charge in [-0.05, 0) is 119 Å². The van der Waals surface area contributed by atoms with E-state index in [-0.39, 0.29) is 5.70 Å². The predicted molar refractivity (Wildman–Crippen MR) is 272 cm³/mol. The smallest absolute Gasteiger partial charge is 0.333 e. The maximum atomic E-state index is 11.3. The second-order valence-corrected chi connectivity index (χ2v) is 16.2. The molecule has 0 atom stereocenters. The van der Waals surface area contributed by atoms with Crippen LogP contribution in [-0.4, -0.2) is 20.2 Å². The van der Waals surface area contributed by atoms with E-state index in [4.69, 9.17) is 6.57 Å². The quantitative estimate of drug-likeness (QED) is 0.0847. The molecule has 11 aromatic rings. The first kappa shape index (κ1) is 39.7. The molecule has 6 nitrogen and oxygen atoms in total. The maximum Gasteiger partial charge on any atom is 0.333 e. The van der Waals surface area contributed by atoms with E-state index in [0.29, 0.717) is 0 Å². The van der Waals surface area contributed by atoms with E-state index in [2.05, 4.69) is 225 Å². The van der Waals surface area contributed by atoms with Gasteiger partial charge in [-0.1, -0.05) is 146 Å². The van der Waals surface area contributed by atoms with Crippen molar-refractivity contribution in [3.8, 4) is 33.6 Å². The Morgan fingerprint density at radius 1 is 0.439 bits per heavy atom. The summed E-state index contributed by atoms with van der Waals surface area (Å²) >= 11 is 0. The molecule has 0 radical (unpaired) electrons. The molecule has 2 aromatic heterocycles. The Bertz CT molecular complexity index is 3390. The van der Waals surface area contributed by atoms with Crippen molar-refractivity contribution < 1.29 is 9.90 Å². The van der Waals surface area contributed by atoms with Gasteiger partial charge in [-0.2, -0.15) is 0 Å². The molecule has 11 rings (SSSR count). The number of benzene rings is 9. The summed E-state index contributed by atoms with van der Waals surface area (Å²) in [6, 6.07) is 77.3. The number of fused-ring (bicyclic) bond motifs is 6. The monoisotopic (exact) mass is 848 g/mol. The van der Waals surface area contributed by atoms with Crippen molar-refractivity contribution in [1.82, 2.24) is 9.13 Å². The third kappa shape index (κ3) is 7.17. The lowest BCUT2D eigenvalue weighted by Crippen LogP contribution is -2.09. The molecule has 2 heterocycles. The van der Waals surface area contributed by atoms with Gasteiger partial charge in [0.1, 0.15) is 0 Å². The summed E-state index contributed by atoms with van der Waals surface area (Å²) in [6.07, 6.45) is 4.70. The molecule has 1 N–H and O–H groups in total. The van der Waals surface area contributed by atoms with Gasteiger partial charge in [0.2, 0.25) is 0 Å². The number of hydrogen-bond acceptors (Lipinski definition) is 2. The third-order valence-corrected chi connectivity index (χ3v) is 12.4. The molecular formula is C60H40N4O2. The Morgan fingerprint density at radius 3 is 1.09 bits per heavy atom. The molecule has 0 saturated carbocycles. The lowest BCUT2D eigenvalue weighted by Gasteiger charge is -2.26. The molecule has 312 valence electrons. The average molecular weight is 849 g/mol. The Balaban J connectivity index is 0.905. The lowest BCUT2D eigenvalue weighted by molar-refractivity contribution is -0.132. The number of carboxylic acid groups (broad SMARTS) is 1. The van der Waals surface area contributed by atoms with Crippen LogP contribution in [0.15, 0.2) is 236 Å². The molecule has 9 aromatic carbocycles. The molecule has 66 heavy (non-hydrogen) atoms. The number of rotatable bonds is 10. The van der Waals surface area contributed by atoms with E-state index in [9.17, 15) is 9.90 Å². The summed E-state index contributed by atoms with van der Waals surface area (Å²) in [7, 11) is 0. The number of allylic oxidation sites excluding steroid dienone is 2. The highest BCUT2D eigenvalue weighted by molar-refractivity contribution is 6.10. The number of carboxylic acids is 1. The Kier molecular flexibility index (Phi) is 10.1. The Morgan fingerprint density at radius 2 is 0.758 bits per heavy atom. The van der Waals surface area contributed by atoms with E-state index >= 15 is 0 Å². The number of nitrogens with zero attached hydrogens (tertiary/aromatic N) is 4. The fourth-order valence-electron chi connectivity index (χ4n) is 9.20. The topological polar surface area (TPSA) is 54.8 Å². The predicted octanol–water partition coefficient (Wildman–Crippen LogP) is 15.6. The van der Waals surface area contributed by atoms with Gasteiger partial charge >= 0.3 is 5.97 Å². The van der Waals surface area contributed by atoms with Crippen LogP contribution in [0.25, 0.3) is 88.2 Å². The van der Waals surface area contributed by atoms with Crippen LogP contribution in [0.1, 0.15) is 5.56 Å². The zero-order valence-electron chi connectivity index (χ0n) is 35.7. The van der Waals surface area contributed by atoms with Crippen LogP contribution in [0, 0.1) is 6.57 Å². The molecule has 0 aliphatic heterocycles. The lowest BCUT2D eigenvalue weighted by atomic mass is 10.0. The second-order valence-electron chi connectivity index (χ2n) is 16.2. The van der Waals surface area contributed by atoms with Crippen molar-refractivity contribution in [2.24, 2.45) is 0 Å². The minimum Gasteiger partial charge on any atom is -0.486 e. The van der Waals surface area contributed by atoms with E-state index in [1.54, 1.807) is 12.2 Å². The van der Waals surface area contributed by atoms with Crippen LogP contribution >= 0.6 is 0 Å². The number of aromatic nitrogens is 2. The SMILES string of the molecule is [C-]#[N+]/C(=C\C=C\c1ccc(N(c2ccc(-c3ccc(-n4c5ccccc5c5ccccc54)cc3)cc2)c2ccc(-c3ccc(-n4c5ccccc5c5ccccc54)cc3)cc2)cc1)C(=O)O. The summed E-state index contributed by atoms with van der Waals surface area (Å²) in [6.45, 7) is 7.14. The second kappa shape index (κ2) is 16.8. The number of anilines is 3. The largest absolute Gasteiger partial charge is 0.486 e. The van der Waals surface area contributed by atoms with Crippen molar-refractivity contribution in [3.05, 3.63) is 253 Å². The van der Waals surface area contributed by atoms with Crippen LogP contribution in [0.3, 0.4) is 0 Å². The first-order valence-corrected chi connectivity index (χ1v) is 21.8. The first-order valence-electron chi connectivity index (χ1n) is 21.8. The maximum absolute atomic E-state index is 11.3. The van der Waals surface area contributed by atoms with Crippen molar-refractivity contribution in [3.63, 3.8) is 0 Å². The standard InChI is InChI=1S/C60H40N4O2/c1-61-55(60(65)66)16-10-11-41-21-31-46(32-22-41)62(47-33-23-42(24-34-47)44-27-37-49(38-28-44)63-56-17-6-2-12-51(56)52-13-3-7-18-57(52)63)48-35-25-43(26-36-48)45-29-39-50(40-30-45)64-58-19-8-4-14-53(58)54-15-5-9-20-59(54)64/h2-40H,(H,65,66)/b11-10+,55-16-. The number of aliphatic carboxylic acids is 1. The molecule has 0 fully saturated rings. The highest BCUT2D eigenvalue weighted by atomic mass is 16.4. The van der Waals surface area contributed by atoms with Crippen LogP contribution in [0.4, 0.5) is 17.1 Å². The summed E-state index contributed by atoms with van der Waals surface area (Å²) in [4.78, 5) is 16.6. The average Bonchev–Trinajstić information content (AvgIpc) is 3.89. The molecule has 0 spiro atoms. The highest BCUT2D eigenvalue weighted by Crippen LogP contribution is 2.39. The van der Waals surface area contributed by atoms with E-state index < -0.39 is 5.97 Å².